The van der Waals surface area contributed by atoms with Gasteiger partial charge in [0.15, 0.2) is 0 Å². The van der Waals surface area contributed by atoms with Crippen molar-refractivity contribution in [3.05, 3.63) is 89.5 Å². The lowest BCUT2D eigenvalue weighted by Gasteiger charge is -2.39. The molecule has 0 aromatic heterocycles. The molecule has 1 N–H and O–H groups in total. The monoisotopic (exact) mass is 550 g/mol. The number of aliphatic hydroxyl groups excluding tert-OH is 1. The van der Waals surface area contributed by atoms with Crippen LogP contribution in [0.4, 0.5) is 5.69 Å². The van der Waals surface area contributed by atoms with Gasteiger partial charge in [0.25, 0.3) is 5.91 Å². The topological polar surface area (TPSA) is 87.1 Å². The predicted octanol–water partition coefficient (Wildman–Crippen LogP) is 3.78. The van der Waals surface area contributed by atoms with Crippen LogP contribution in [-0.4, -0.2) is 63.1 Å². The van der Waals surface area contributed by atoms with E-state index >= 15 is 0 Å². The highest BCUT2D eigenvalue weighted by Gasteiger charge is 2.74. The number of likely N-dealkylation sites (tertiary alicyclic amines) is 1. The number of anilines is 1. The molecule has 2 amide bonds. The summed E-state index contributed by atoms with van der Waals surface area (Å²) in [5.74, 6) is -2.73. The Morgan fingerprint density at radius 2 is 1.76 bits per heavy atom. The summed E-state index contributed by atoms with van der Waals surface area (Å²) in [5, 5.41) is 11.0. The minimum Gasteiger partial charge on any atom is -0.461 e. The van der Waals surface area contributed by atoms with Gasteiger partial charge in [-0.25, -0.2) is 0 Å². The van der Waals surface area contributed by atoms with E-state index in [2.05, 4.69) is 0 Å². The van der Waals surface area contributed by atoms with E-state index in [0.717, 1.165) is 0 Å². The third-order valence-corrected chi connectivity index (χ3v) is 10.2. The van der Waals surface area contributed by atoms with Gasteiger partial charge in [0.1, 0.15) is 12.6 Å². The second kappa shape index (κ2) is 9.29. The zero-order valence-corrected chi connectivity index (χ0v) is 22.3. The number of carbonyl (C=O) groups excluding carboxylic acids is 3. The van der Waals surface area contributed by atoms with E-state index in [9.17, 15) is 19.5 Å². The van der Waals surface area contributed by atoms with Crippen molar-refractivity contribution in [2.75, 3.05) is 24.7 Å². The molecule has 6 rings (SSSR count). The van der Waals surface area contributed by atoms with Crippen LogP contribution in [-0.2, 0) is 19.1 Å². The number of esters is 1. The van der Waals surface area contributed by atoms with Crippen molar-refractivity contribution in [3.8, 4) is 0 Å². The van der Waals surface area contributed by atoms with Crippen molar-refractivity contribution in [3.63, 3.8) is 0 Å². The number of aliphatic hydroxyl groups is 1. The van der Waals surface area contributed by atoms with Crippen LogP contribution in [0.2, 0.25) is 5.02 Å². The average molecular weight is 551 g/mol. The van der Waals surface area contributed by atoms with Crippen molar-refractivity contribution >= 4 is 46.8 Å². The second-order valence-electron chi connectivity index (χ2n) is 10.2. The van der Waals surface area contributed by atoms with E-state index < -0.39 is 39.4 Å². The molecular weight excluding hydrogens is 524 g/mol. The summed E-state index contributed by atoms with van der Waals surface area (Å²) in [4.78, 5) is 45.5. The molecule has 2 aromatic carbocycles. The van der Waals surface area contributed by atoms with Crippen molar-refractivity contribution < 1.29 is 24.2 Å². The number of benzene rings is 2. The summed E-state index contributed by atoms with van der Waals surface area (Å²) < 4.78 is 3.69. The van der Waals surface area contributed by atoms with Crippen LogP contribution < -0.4 is 4.90 Å². The molecule has 0 bridgehead atoms. The van der Waals surface area contributed by atoms with Crippen LogP contribution in [0.5, 0.6) is 0 Å². The van der Waals surface area contributed by atoms with E-state index in [4.69, 9.17) is 16.3 Å². The van der Waals surface area contributed by atoms with Crippen LogP contribution in [0, 0.1) is 11.8 Å². The van der Waals surface area contributed by atoms with Crippen molar-refractivity contribution in [1.82, 2.24) is 4.90 Å². The van der Waals surface area contributed by atoms with E-state index in [1.54, 1.807) is 29.2 Å². The van der Waals surface area contributed by atoms with Crippen LogP contribution >= 0.6 is 23.4 Å². The first kappa shape index (κ1) is 25.2. The minimum absolute atomic E-state index is 0.144. The Morgan fingerprint density at radius 3 is 2.50 bits per heavy atom. The molecule has 0 aliphatic carbocycles. The molecule has 1 spiro atoms. The molecule has 2 saturated heterocycles. The molecule has 1 unspecified atom stereocenters. The summed E-state index contributed by atoms with van der Waals surface area (Å²) in [6.07, 6.45) is 7.56. The largest absolute Gasteiger partial charge is 0.461 e. The van der Waals surface area contributed by atoms with E-state index in [1.807, 2.05) is 61.5 Å². The Balaban J connectivity index is 1.55. The first-order valence-electron chi connectivity index (χ1n) is 12.6. The van der Waals surface area contributed by atoms with Crippen molar-refractivity contribution in [1.29, 1.82) is 0 Å². The number of ether oxygens (including phenoxy) is 1. The SMILES string of the molecule is C[C@@]12C=CCOC(=O)[C@@H]1[C@H]1C(=O)N([C@H](CO)c3ccccc3)C3C(=O)N(c4ccccc4Cl)CC=C[C@@]31S2. The van der Waals surface area contributed by atoms with E-state index in [1.165, 1.54) is 16.7 Å². The number of nitrogens with zero attached hydrogens (tertiary/aromatic N) is 2. The molecule has 4 aliphatic rings. The zero-order chi connectivity index (χ0) is 26.7. The Morgan fingerprint density at radius 1 is 1.03 bits per heavy atom. The predicted molar refractivity (Wildman–Crippen MR) is 146 cm³/mol. The van der Waals surface area contributed by atoms with Gasteiger partial charge in [0, 0.05) is 11.3 Å². The molecule has 9 heteroatoms. The highest BCUT2D eigenvalue weighted by Crippen LogP contribution is 2.66. The molecule has 4 aliphatic heterocycles. The minimum atomic E-state index is -1.05. The van der Waals surface area contributed by atoms with Crippen LogP contribution in [0.25, 0.3) is 0 Å². The molecule has 2 aromatic rings. The third-order valence-electron chi connectivity index (χ3n) is 8.09. The number of hydrogen-bond acceptors (Lipinski definition) is 6. The second-order valence-corrected chi connectivity index (χ2v) is 12.4. The van der Waals surface area contributed by atoms with Gasteiger partial charge in [-0.2, -0.15) is 0 Å². The molecule has 0 radical (unpaired) electrons. The van der Waals surface area contributed by atoms with E-state index in [0.29, 0.717) is 16.3 Å². The molecule has 7 nitrogen and oxygen atoms in total. The molecule has 38 heavy (non-hydrogen) atoms. The fourth-order valence-electron chi connectivity index (χ4n) is 6.55. The van der Waals surface area contributed by atoms with Gasteiger partial charge < -0.3 is 19.6 Å². The van der Waals surface area contributed by atoms with Crippen molar-refractivity contribution in [2.24, 2.45) is 11.8 Å². The van der Waals surface area contributed by atoms with Crippen LogP contribution in [0.3, 0.4) is 0 Å². The normalized spacial score (nSPS) is 32.8. The molecule has 196 valence electrons. The maximum atomic E-state index is 14.6. The number of hydrogen-bond donors (Lipinski definition) is 1. The molecule has 4 heterocycles. The van der Waals surface area contributed by atoms with Gasteiger partial charge >= 0.3 is 5.97 Å². The van der Waals surface area contributed by atoms with Crippen LogP contribution in [0.1, 0.15) is 18.5 Å². The summed E-state index contributed by atoms with van der Waals surface area (Å²) >= 11 is 7.99. The first-order chi connectivity index (χ1) is 18.3. The molecular formula is C29H27ClN2O5S. The summed E-state index contributed by atoms with van der Waals surface area (Å²) in [6, 6.07) is 14.5. The van der Waals surface area contributed by atoms with Gasteiger partial charge in [-0.05, 0) is 30.7 Å². The Bertz CT molecular complexity index is 1370. The third kappa shape index (κ3) is 3.57. The number of fused-ring (bicyclic) bond motifs is 2. The highest BCUT2D eigenvalue weighted by molar-refractivity contribution is 8.02. The number of thioether (sulfide) groups is 1. The van der Waals surface area contributed by atoms with E-state index in [-0.39, 0.29) is 31.6 Å². The molecule has 6 atom stereocenters. The fraction of sp³-hybridized carbons (Fsp3) is 0.345. The molecule has 0 saturated carbocycles. The van der Waals surface area contributed by atoms with Crippen LogP contribution in [0.15, 0.2) is 78.9 Å². The van der Waals surface area contributed by atoms with Crippen molar-refractivity contribution in [2.45, 2.75) is 28.5 Å². The number of amides is 2. The van der Waals surface area contributed by atoms with Gasteiger partial charge in [0.2, 0.25) is 5.91 Å². The van der Waals surface area contributed by atoms with Gasteiger partial charge in [0.05, 0.1) is 39.9 Å². The van der Waals surface area contributed by atoms with Gasteiger partial charge in [-0.3, -0.25) is 14.4 Å². The Kier molecular flexibility index (Phi) is 6.17. The Labute approximate surface area is 230 Å². The lowest BCUT2D eigenvalue weighted by molar-refractivity contribution is -0.153. The average Bonchev–Trinajstić information content (AvgIpc) is 3.17. The lowest BCUT2D eigenvalue weighted by Crippen LogP contribution is -2.54. The van der Waals surface area contributed by atoms with Gasteiger partial charge in [-0.1, -0.05) is 72.3 Å². The smallest absolute Gasteiger partial charge is 0.311 e. The summed E-state index contributed by atoms with van der Waals surface area (Å²) in [7, 11) is 0. The first-order valence-corrected chi connectivity index (χ1v) is 13.8. The number of rotatable bonds is 4. The number of para-hydroxylation sites is 1. The number of cyclic esters (lactones) is 1. The maximum absolute atomic E-state index is 14.6. The zero-order valence-electron chi connectivity index (χ0n) is 20.7. The fourth-order valence-corrected chi connectivity index (χ4v) is 8.92. The highest BCUT2D eigenvalue weighted by atomic mass is 35.5. The maximum Gasteiger partial charge on any atom is 0.311 e. The van der Waals surface area contributed by atoms with Gasteiger partial charge in [-0.15, -0.1) is 11.8 Å². The Hall–Kier alpha value is -3.07. The summed E-state index contributed by atoms with van der Waals surface area (Å²) in [6.45, 7) is 1.95. The lowest BCUT2D eigenvalue weighted by atomic mass is 9.75. The quantitative estimate of drug-likeness (QED) is 0.460. The summed E-state index contributed by atoms with van der Waals surface area (Å²) in [5.41, 5.74) is 1.25. The number of halogens is 1. The molecule has 2 fully saturated rings. The standard InChI is InChI=1S/C29H27ClN2O5S/c1-28-13-8-16-37-27(36)23(28)22-25(34)32(21(17-33)18-9-3-2-4-10-18)24-26(35)31(15-7-14-29(22,24)38-28)20-12-6-5-11-19(20)30/h2-14,21-24,33H,15-17H2,1H3/t21-,22+,23+,24?,28-,29+/m1/s1. The number of carbonyl (C=O) groups is 3.